The summed E-state index contributed by atoms with van der Waals surface area (Å²) < 4.78 is 49.1. The van der Waals surface area contributed by atoms with Gasteiger partial charge in [-0.25, -0.2) is 0 Å². The van der Waals surface area contributed by atoms with E-state index in [4.69, 9.17) is 9.47 Å². The Hall–Kier alpha value is -2.86. The first-order valence-electron chi connectivity index (χ1n) is 9.68. The molecule has 0 aromatic heterocycles. The van der Waals surface area contributed by atoms with E-state index in [1.165, 1.54) is 12.1 Å². The molecular formula is C24H23F3O3. The fourth-order valence-electron chi connectivity index (χ4n) is 3.25. The Labute approximate surface area is 173 Å². The highest BCUT2D eigenvalue weighted by Gasteiger charge is 2.30. The first-order valence-corrected chi connectivity index (χ1v) is 9.68. The van der Waals surface area contributed by atoms with Gasteiger partial charge < -0.3 is 9.47 Å². The first-order chi connectivity index (χ1) is 14.3. The second kappa shape index (κ2) is 9.30. The molecule has 3 nitrogen and oxygen atoms in total. The monoisotopic (exact) mass is 416 g/mol. The fourth-order valence-corrected chi connectivity index (χ4v) is 3.25. The van der Waals surface area contributed by atoms with Crippen molar-refractivity contribution in [2.24, 2.45) is 5.92 Å². The topological polar surface area (TPSA) is 35.5 Å². The summed E-state index contributed by atoms with van der Waals surface area (Å²) in [6.45, 7) is 2.66. The highest BCUT2D eigenvalue weighted by atomic mass is 19.4. The molecule has 30 heavy (non-hydrogen) atoms. The molecule has 3 aromatic rings. The summed E-state index contributed by atoms with van der Waals surface area (Å²) in [4.78, 5) is 12.5. The molecule has 0 amide bonds. The minimum atomic E-state index is -4.39. The number of ether oxygens (including phenoxy) is 2. The minimum Gasteiger partial charge on any atom is -0.457 e. The molecule has 0 radical (unpaired) electrons. The van der Waals surface area contributed by atoms with Crippen LogP contribution in [0.25, 0.3) is 10.8 Å². The van der Waals surface area contributed by atoms with Gasteiger partial charge in [0.1, 0.15) is 11.5 Å². The van der Waals surface area contributed by atoms with Crippen LogP contribution in [-0.4, -0.2) is 19.5 Å². The van der Waals surface area contributed by atoms with Gasteiger partial charge in [-0.15, -0.1) is 0 Å². The number of hydrogen-bond donors (Lipinski definition) is 0. The van der Waals surface area contributed by atoms with Gasteiger partial charge >= 0.3 is 6.18 Å². The second-order valence-electron chi connectivity index (χ2n) is 7.34. The lowest BCUT2D eigenvalue weighted by Crippen LogP contribution is -2.07. The Bertz CT molecular complexity index is 1010. The molecule has 0 N–H and O–H groups in total. The van der Waals surface area contributed by atoms with Gasteiger partial charge in [0.2, 0.25) is 0 Å². The average molecular weight is 416 g/mol. The van der Waals surface area contributed by atoms with Gasteiger partial charge in [-0.05, 0) is 60.2 Å². The van der Waals surface area contributed by atoms with Crippen molar-refractivity contribution in [2.75, 3.05) is 13.7 Å². The van der Waals surface area contributed by atoms with E-state index in [0.717, 1.165) is 29.3 Å². The Morgan fingerprint density at radius 1 is 1.03 bits per heavy atom. The average Bonchev–Trinajstić information content (AvgIpc) is 2.72. The van der Waals surface area contributed by atoms with E-state index >= 15 is 0 Å². The van der Waals surface area contributed by atoms with Crippen molar-refractivity contribution >= 4 is 16.6 Å². The zero-order valence-electron chi connectivity index (χ0n) is 16.8. The molecule has 0 heterocycles. The number of halogens is 3. The van der Waals surface area contributed by atoms with Crippen LogP contribution < -0.4 is 4.74 Å². The summed E-state index contributed by atoms with van der Waals surface area (Å²) in [6.07, 6.45) is -3.19. The standard InChI is InChI=1S/C24H23F3O3/c1-16(15-29-2)6-13-22(28)18-7-12-21-17(14-18)4-3-5-23(21)30-20-10-8-19(9-11-20)24(25,26)27/h3-5,7-12,14,16H,6,13,15H2,1-2H3/t16-/m0/s1. The second-order valence-corrected chi connectivity index (χ2v) is 7.34. The van der Waals surface area contributed by atoms with Gasteiger partial charge in [-0.1, -0.05) is 25.1 Å². The number of ketones is 1. The van der Waals surface area contributed by atoms with Crippen molar-refractivity contribution in [3.05, 3.63) is 71.8 Å². The highest BCUT2D eigenvalue weighted by molar-refractivity contribution is 6.01. The quantitative estimate of drug-likeness (QED) is 0.375. The Kier molecular flexibility index (Phi) is 6.77. The molecule has 1 atom stereocenters. The van der Waals surface area contributed by atoms with Gasteiger partial charge in [0.05, 0.1) is 5.56 Å². The number of fused-ring (bicyclic) bond motifs is 1. The number of methoxy groups -OCH3 is 1. The van der Waals surface area contributed by atoms with E-state index in [9.17, 15) is 18.0 Å². The van der Waals surface area contributed by atoms with E-state index in [2.05, 4.69) is 0 Å². The Morgan fingerprint density at radius 2 is 1.77 bits per heavy atom. The van der Waals surface area contributed by atoms with E-state index in [-0.39, 0.29) is 5.78 Å². The molecule has 0 unspecified atom stereocenters. The molecule has 0 bridgehead atoms. The smallest absolute Gasteiger partial charge is 0.416 e. The van der Waals surface area contributed by atoms with Crippen molar-refractivity contribution in [1.29, 1.82) is 0 Å². The molecule has 6 heteroatoms. The molecule has 0 aliphatic heterocycles. The maximum atomic E-state index is 12.7. The van der Waals surface area contributed by atoms with Crippen molar-refractivity contribution in [1.82, 2.24) is 0 Å². The molecule has 0 saturated heterocycles. The molecule has 158 valence electrons. The zero-order valence-corrected chi connectivity index (χ0v) is 16.8. The highest BCUT2D eigenvalue weighted by Crippen LogP contribution is 2.34. The number of carbonyl (C=O) groups excluding carboxylic acids is 1. The van der Waals surface area contributed by atoms with Crippen LogP contribution >= 0.6 is 0 Å². The molecular weight excluding hydrogens is 393 g/mol. The molecule has 0 aliphatic rings. The maximum Gasteiger partial charge on any atom is 0.416 e. The summed E-state index contributed by atoms with van der Waals surface area (Å²) >= 11 is 0. The molecule has 3 rings (SSSR count). The van der Waals surface area contributed by atoms with Gasteiger partial charge in [0.25, 0.3) is 0 Å². The lowest BCUT2D eigenvalue weighted by molar-refractivity contribution is -0.137. The summed E-state index contributed by atoms with van der Waals surface area (Å²) in [6, 6.07) is 15.3. The number of hydrogen-bond acceptors (Lipinski definition) is 3. The maximum absolute atomic E-state index is 12.7. The van der Waals surface area contributed by atoms with Crippen LogP contribution in [0.15, 0.2) is 60.7 Å². The molecule has 3 aromatic carbocycles. The third kappa shape index (κ3) is 5.39. The summed E-state index contributed by atoms with van der Waals surface area (Å²) in [5.74, 6) is 1.19. The number of Topliss-reactive ketones (excluding diaryl/α,β-unsaturated/α-hetero) is 1. The zero-order chi connectivity index (χ0) is 21.7. The number of alkyl halides is 3. The van der Waals surface area contributed by atoms with Crippen molar-refractivity contribution in [2.45, 2.75) is 25.9 Å². The fraction of sp³-hybridized carbons (Fsp3) is 0.292. The Morgan fingerprint density at radius 3 is 2.43 bits per heavy atom. The van der Waals surface area contributed by atoms with Crippen molar-refractivity contribution in [3.63, 3.8) is 0 Å². The van der Waals surface area contributed by atoms with Crippen LogP contribution in [0.4, 0.5) is 13.2 Å². The third-order valence-corrected chi connectivity index (χ3v) is 4.89. The summed E-state index contributed by atoms with van der Waals surface area (Å²) in [7, 11) is 1.64. The van der Waals surface area contributed by atoms with Crippen molar-refractivity contribution < 1.29 is 27.4 Å². The van der Waals surface area contributed by atoms with Gasteiger partial charge in [0, 0.05) is 31.1 Å². The molecule has 0 fully saturated rings. The van der Waals surface area contributed by atoms with E-state index in [0.29, 0.717) is 36.0 Å². The largest absolute Gasteiger partial charge is 0.457 e. The van der Waals surface area contributed by atoms with Crippen LogP contribution in [0, 0.1) is 5.92 Å². The van der Waals surface area contributed by atoms with E-state index < -0.39 is 11.7 Å². The van der Waals surface area contributed by atoms with Gasteiger partial charge in [-0.3, -0.25) is 4.79 Å². The van der Waals surface area contributed by atoms with Crippen LogP contribution in [0.2, 0.25) is 0 Å². The van der Waals surface area contributed by atoms with E-state index in [1.807, 2.05) is 19.1 Å². The summed E-state index contributed by atoms with van der Waals surface area (Å²) in [5, 5.41) is 1.61. The SMILES string of the molecule is COC[C@@H](C)CCC(=O)c1ccc2c(Oc3ccc(C(F)(F)F)cc3)cccc2c1. The lowest BCUT2D eigenvalue weighted by Gasteiger charge is -2.12. The van der Waals surface area contributed by atoms with Crippen LogP contribution in [0.5, 0.6) is 11.5 Å². The molecule has 0 spiro atoms. The normalized spacial score (nSPS) is 12.7. The van der Waals surface area contributed by atoms with Crippen molar-refractivity contribution in [3.8, 4) is 11.5 Å². The van der Waals surface area contributed by atoms with Gasteiger partial charge in [0.15, 0.2) is 5.78 Å². The predicted molar refractivity (Wildman–Crippen MR) is 110 cm³/mol. The Balaban J connectivity index is 1.77. The number of rotatable bonds is 8. The van der Waals surface area contributed by atoms with Crippen LogP contribution in [0.1, 0.15) is 35.7 Å². The summed E-state index contributed by atoms with van der Waals surface area (Å²) in [5.41, 5.74) is -0.102. The third-order valence-electron chi connectivity index (χ3n) is 4.89. The molecule has 0 saturated carbocycles. The van der Waals surface area contributed by atoms with Crippen LogP contribution in [0.3, 0.4) is 0 Å². The van der Waals surface area contributed by atoms with Gasteiger partial charge in [-0.2, -0.15) is 13.2 Å². The van der Waals surface area contributed by atoms with Crippen LogP contribution in [-0.2, 0) is 10.9 Å². The number of carbonyl (C=O) groups is 1. The molecule has 0 aliphatic carbocycles. The predicted octanol–water partition coefficient (Wildman–Crippen LogP) is 6.90. The van der Waals surface area contributed by atoms with E-state index in [1.54, 1.807) is 31.4 Å². The number of benzene rings is 3. The lowest BCUT2D eigenvalue weighted by atomic mass is 9.98. The minimum absolute atomic E-state index is 0.0638. The first kappa shape index (κ1) is 21.8.